The van der Waals surface area contributed by atoms with Crippen molar-refractivity contribution < 1.29 is 23.1 Å². The van der Waals surface area contributed by atoms with Gasteiger partial charge in [0, 0.05) is 48.6 Å². The quantitative estimate of drug-likeness (QED) is 0.398. The van der Waals surface area contributed by atoms with E-state index in [-0.39, 0.29) is 19.1 Å². The fraction of sp³-hybridized carbons (Fsp3) is 0.346. The van der Waals surface area contributed by atoms with Crippen molar-refractivity contribution in [3.63, 3.8) is 0 Å². The van der Waals surface area contributed by atoms with E-state index in [1.807, 2.05) is 24.3 Å². The molecule has 192 valence electrons. The summed E-state index contributed by atoms with van der Waals surface area (Å²) in [6.45, 7) is 1.11. The summed E-state index contributed by atoms with van der Waals surface area (Å²) < 4.78 is 33.5. The molecule has 2 aromatic carbocycles. The number of carbonyl (C=O) groups is 1. The lowest BCUT2D eigenvalue weighted by Gasteiger charge is -2.18. The maximum Gasteiger partial charge on any atom is 0.419 e. The van der Waals surface area contributed by atoms with E-state index < -0.39 is 29.6 Å². The minimum absolute atomic E-state index is 0.0344. The van der Waals surface area contributed by atoms with Gasteiger partial charge in [-0.1, -0.05) is 12.1 Å². The summed E-state index contributed by atoms with van der Waals surface area (Å²) in [5, 5.41) is 15.9. The van der Waals surface area contributed by atoms with Gasteiger partial charge >= 0.3 is 5.76 Å². The Morgan fingerprint density at radius 1 is 1.32 bits per heavy atom. The number of ether oxygens (including phenoxy) is 2. The number of methoxy groups -OCH3 is 1. The SMILES string of the molecule is COC1CNC[C@H](C(=O)N[C@@H](C#N)Cc2sc3cc(-c4ccc5oc(=O)n(C)c5c4)ccc3c2F)OC1. The molecule has 9 nitrogen and oxygen atoms in total. The molecule has 1 unspecified atom stereocenters. The van der Waals surface area contributed by atoms with Gasteiger partial charge < -0.3 is 24.5 Å². The molecule has 3 atom stereocenters. The molecule has 37 heavy (non-hydrogen) atoms. The molecule has 0 spiro atoms. The predicted octanol–water partition coefficient (Wildman–Crippen LogP) is 2.71. The molecule has 0 aliphatic carbocycles. The number of rotatable bonds is 6. The second-order valence-electron chi connectivity index (χ2n) is 8.89. The number of hydrogen-bond acceptors (Lipinski definition) is 8. The van der Waals surface area contributed by atoms with Crippen molar-refractivity contribution in [2.75, 3.05) is 26.8 Å². The summed E-state index contributed by atoms with van der Waals surface area (Å²) in [5.41, 5.74) is 2.87. The van der Waals surface area contributed by atoms with Gasteiger partial charge in [0.25, 0.3) is 5.91 Å². The second-order valence-corrected chi connectivity index (χ2v) is 10.0. The Labute approximate surface area is 215 Å². The Morgan fingerprint density at radius 3 is 2.89 bits per heavy atom. The van der Waals surface area contributed by atoms with E-state index in [2.05, 4.69) is 16.7 Å². The van der Waals surface area contributed by atoms with Gasteiger partial charge in [-0.05, 0) is 35.4 Å². The summed E-state index contributed by atoms with van der Waals surface area (Å²) in [6.07, 6.45) is -0.888. The summed E-state index contributed by atoms with van der Waals surface area (Å²) in [6, 6.07) is 12.0. The van der Waals surface area contributed by atoms with Crippen LogP contribution in [0.5, 0.6) is 0 Å². The van der Waals surface area contributed by atoms with Gasteiger partial charge in [-0.25, -0.2) is 9.18 Å². The first kappa shape index (κ1) is 25.1. The molecule has 3 heterocycles. The van der Waals surface area contributed by atoms with Crippen LogP contribution in [-0.2, 0) is 27.7 Å². The molecule has 1 fully saturated rings. The van der Waals surface area contributed by atoms with E-state index in [4.69, 9.17) is 13.9 Å². The van der Waals surface area contributed by atoms with Crippen LogP contribution < -0.4 is 16.4 Å². The smallest absolute Gasteiger partial charge is 0.408 e. The van der Waals surface area contributed by atoms with Crippen LogP contribution in [-0.4, -0.2) is 55.5 Å². The van der Waals surface area contributed by atoms with Crippen LogP contribution in [0.3, 0.4) is 0 Å². The maximum absolute atomic E-state index is 15.2. The van der Waals surface area contributed by atoms with Crippen molar-refractivity contribution >= 4 is 38.4 Å². The molecule has 1 aliphatic rings. The molecule has 11 heteroatoms. The number of nitrogens with zero attached hydrogens (tertiary/aromatic N) is 2. The van der Waals surface area contributed by atoms with Crippen molar-refractivity contribution in [2.45, 2.75) is 24.7 Å². The van der Waals surface area contributed by atoms with E-state index in [9.17, 15) is 14.9 Å². The third kappa shape index (κ3) is 5.01. The number of aryl methyl sites for hydroxylation is 1. The molecule has 1 saturated heterocycles. The van der Waals surface area contributed by atoms with Crippen LogP contribution in [0.25, 0.3) is 32.3 Å². The number of nitrogens with one attached hydrogen (secondary N) is 2. The first-order valence-electron chi connectivity index (χ1n) is 11.7. The van der Waals surface area contributed by atoms with E-state index in [0.717, 1.165) is 15.8 Å². The lowest BCUT2D eigenvalue weighted by atomic mass is 10.0. The average molecular weight is 525 g/mol. The van der Waals surface area contributed by atoms with Crippen LogP contribution in [0.15, 0.2) is 45.6 Å². The standard InChI is InChI=1S/C26H25FN4O5S/c1-31-19-7-14(4-6-20(19)36-26(31)33)15-3-5-18-22(8-15)37-23(24(18)27)9-16(10-28)30-25(32)21-12-29-11-17(34-2)13-35-21/h3-8,16-17,21,29H,9,11-13H2,1-2H3,(H,30,32)/t16-,17?,21-/m1/s1. The summed E-state index contributed by atoms with van der Waals surface area (Å²) >= 11 is 1.25. The Bertz CT molecular complexity index is 1570. The molecule has 1 aliphatic heterocycles. The number of oxazole rings is 1. The van der Waals surface area contributed by atoms with Gasteiger partial charge in [0.15, 0.2) is 5.58 Å². The number of carbonyl (C=O) groups excluding carboxylic acids is 1. The normalized spacial score (nSPS) is 19.0. The molecular formula is C26H25FN4O5S. The number of fused-ring (bicyclic) bond motifs is 2. The molecule has 5 rings (SSSR count). The van der Waals surface area contributed by atoms with Crippen LogP contribution in [0.4, 0.5) is 4.39 Å². The number of halogens is 1. The first-order chi connectivity index (χ1) is 17.9. The Kier molecular flexibility index (Phi) is 7.08. The molecule has 0 saturated carbocycles. The van der Waals surface area contributed by atoms with Gasteiger partial charge in [0.05, 0.1) is 24.3 Å². The van der Waals surface area contributed by atoms with E-state index >= 15 is 4.39 Å². The van der Waals surface area contributed by atoms with Crippen LogP contribution >= 0.6 is 11.3 Å². The molecule has 0 bridgehead atoms. The molecule has 1 amide bonds. The molecule has 0 radical (unpaired) electrons. The number of aromatic nitrogens is 1. The largest absolute Gasteiger partial charge is 0.419 e. The number of benzene rings is 2. The zero-order valence-corrected chi connectivity index (χ0v) is 21.1. The lowest BCUT2D eigenvalue weighted by Crippen LogP contribution is -2.46. The first-order valence-corrected chi connectivity index (χ1v) is 12.6. The number of nitriles is 1. The topological polar surface area (TPSA) is 119 Å². The number of thiophene rings is 1. The molecule has 2 N–H and O–H groups in total. The van der Waals surface area contributed by atoms with E-state index in [0.29, 0.717) is 34.5 Å². The van der Waals surface area contributed by atoms with Crippen LogP contribution in [0.2, 0.25) is 0 Å². The maximum atomic E-state index is 15.2. The van der Waals surface area contributed by atoms with Crippen molar-refractivity contribution in [3.8, 4) is 17.2 Å². The van der Waals surface area contributed by atoms with Gasteiger partial charge in [-0.2, -0.15) is 5.26 Å². The molecule has 4 aromatic rings. The van der Waals surface area contributed by atoms with Crippen LogP contribution in [0.1, 0.15) is 4.88 Å². The highest BCUT2D eigenvalue weighted by Gasteiger charge is 2.27. The minimum atomic E-state index is -0.913. The van der Waals surface area contributed by atoms with Gasteiger partial charge in [0.2, 0.25) is 0 Å². The Hall–Kier alpha value is -3.56. The zero-order chi connectivity index (χ0) is 26.1. The molecular weight excluding hydrogens is 499 g/mol. The number of hydrogen-bond donors (Lipinski definition) is 2. The minimum Gasteiger partial charge on any atom is -0.408 e. The third-order valence-corrected chi connectivity index (χ3v) is 7.64. The van der Waals surface area contributed by atoms with Crippen molar-refractivity contribution in [1.82, 2.24) is 15.2 Å². The predicted molar refractivity (Wildman–Crippen MR) is 137 cm³/mol. The highest BCUT2D eigenvalue weighted by atomic mass is 32.1. The number of amides is 1. The fourth-order valence-electron chi connectivity index (χ4n) is 4.35. The third-order valence-electron chi connectivity index (χ3n) is 6.49. The van der Waals surface area contributed by atoms with Gasteiger partial charge in [-0.3, -0.25) is 9.36 Å². The Balaban J connectivity index is 1.34. The van der Waals surface area contributed by atoms with E-state index in [1.54, 1.807) is 26.3 Å². The molecule has 2 aromatic heterocycles. The van der Waals surface area contributed by atoms with Crippen molar-refractivity contribution in [2.24, 2.45) is 7.05 Å². The summed E-state index contributed by atoms with van der Waals surface area (Å²) in [7, 11) is 3.22. The van der Waals surface area contributed by atoms with Crippen molar-refractivity contribution in [3.05, 3.63) is 57.6 Å². The average Bonchev–Trinajstić information content (AvgIpc) is 3.23. The fourth-order valence-corrected chi connectivity index (χ4v) is 5.52. The monoisotopic (exact) mass is 524 g/mol. The lowest BCUT2D eigenvalue weighted by molar-refractivity contribution is -0.133. The Morgan fingerprint density at radius 2 is 2.11 bits per heavy atom. The van der Waals surface area contributed by atoms with Crippen LogP contribution in [0, 0.1) is 17.1 Å². The summed E-state index contributed by atoms with van der Waals surface area (Å²) in [4.78, 5) is 24.9. The van der Waals surface area contributed by atoms with Crippen molar-refractivity contribution in [1.29, 1.82) is 5.26 Å². The highest BCUT2D eigenvalue weighted by molar-refractivity contribution is 7.19. The van der Waals surface area contributed by atoms with Gasteiger partial charge in [0.1, 0.15) is 18.0 Å². The van der Waals surface area contributed by atoms with E-state index in [1.165, 1.54) is 15.9 Å². The highest BCUT2D eigenvalue weighted by Crippen LogP contribution is 2.35. The summed E-state index contributed by atoms with van der Waals surface area (Å²) in [5.74, 6) is -1.26. The van der Waals surface area contributed by atoms with Gasteiger partial charge in [-0.15, -0.1) is 11.3 Å². The zero-order valence-electron chi connectivity index (χ0n) is 20.2. The second kappa shape index (κ2) is 10.4.